The van der Waals surface area contributed by atoms with Crippen LogP contribution in [0.25, 0.3) is 11.0 Å². The molecule has 136 valence electrons. The molecule has 2 heterocycles. The second-order valence-corrected chi connectivity index (χ2v) is 6.67. The fourth-order valence-electron chi connectivity index (χ4n) is 3.01. The van der Waals surface area contributed by atoms with Crippen LogP contribution in [0.4, 0.5) is 4.39 Å². The van der Waals surface area contributed by atoms with Crippen LogP contribution in [0.2, 0.25) is 0 Å². The number of aromatic nitrogens is 3. The monoisotopic (exact) mass is 354 g/mol. The number of carbonyl (C=O) groups excluding carboxylic acids is 1. The molecule has 1 amide bonds. The number of amides is 1. The van der Waals surface area contributed by atoms with E-state index in [4.69, 9.17) is 0 Å². The predicted octanol–water partition coefficient (Wildman–Crippen LogP) is 4.12. The molecule has 0 atom stereocenters. The smallest absolute Gasteiger partial charge is 0.256 e. The van der Waals surface area contributed by atoms with Crippen LogP contribution < -0.4 is 0 Å². The van der Waals surface area contributed by atoms with E-state index in [2.05, 4.69) is 10.1 Å². The van der Waals surface area contributed by atoms with Gasteiger partial charge in [-0.05, 0) is 51.5 Å². The van der Waals surface area contributed by atoms with Gasteiger partial charge in [0.1, 0.15) is 5.82 Å². The van der Waals surface area contributed by atoms with E-state index < -0.39 is 0 Å². The maximum Gasteiger partial charge on any atom is 0.256 e. The summed E-state index contributed by atoms with van der Waals surface area (Å²) in [6.07, 6.45) is 1.74. The fourth-order valence-corrected chi connectivity index (χ4v) is 3.01. The molecule has 26 heavy (non-hydrogen) atoms. The van der Waals surface area contributed by atoms with Crippen molar-refractivity contribution in [3.8, 4) is 0 Å². The molecule has 0 N–H and O–H groups in total. The van der Waals surface area contributed by atoms with Crippen molar-refractivity contribution < 1.29 is 9.18 Å². The van der Waals surface area contributed by atoms with E-state index in [9.17, 15) is 9.18 Å². The van der Waals surface area contributed by atoms with Crippen LogP contribution in [0.5, 0.6) is 0 Å². The van der Waals surface area contributed by atoms with Gasteiger partial charge >= 0.3 is 0 Å². The van der Waals surface area contributed by atoms with Crippen LogP contribution in [-0.4, -0.2) is 32.1 Å². The van der Waals surface area contributed by atoms with Gasteiger partial charge < -0.3 is 4.90 Å². The first-order chi connectivity index (χ1) is 12.4. The van der Waals surface area contributed by atoms with E-state index in [0.717, 1.165) is 16.6 Å². The lowest BCUT2D eigenvalue weighted by molar-refractivity contribution is 0.0751. The number of hydrogen-bond acceptors (Lipinski definition) is 3. The van der Waals surface area contributed by atoms with Crippen molar-refractivity contribution in [1.29, 1.82) is 0 Å². The minimum Gasteiger partial charge on any atom is -0.335 e. The summed E-state index contributed by atoms with van der Waals surface area (Å²) in [6, 6.07) is 8.37. The summed E-state index contributed by atoms with van der Waals surface area (Å²) in [5.41, 5.74) is 2.77. The Morgan fingerprint density at radius 2 is 2.08 bits per heavy atom. The molecule has 5 nitrogen and oxygen atoms in total. The van der Waals surface area contributed by atoms with Crippen LogP contribution in [0.1, 0.15) is 48.4 Å². The van der Waals surface area contributed by atoms with E-state index in [-0.39, 0.29) is 17.8 Å². The van der Waals surface area contributed by atoms with Crippen molar-refractivity contribution in [2.24, 2.45) is 0 Å². The van der Waals surface area contributed by atoms with Crippen LogP contribution in [-0.2, 0) is 6.54 Å². The normalized spacial score (nSPS) is 11.3. The molecule has 1 aromatic carbocycles. The van der Waals surface area contributed by atoms with Gasteiger partial charge in [0, 0.05) is 24.5 Å². The molecule has 0 spiro atoms. The molecule has 0 fully saturated rings. The SMILES string of the molecule is CCN(Cc1cccc(F)c1)C(=O)c1cc2cnn(C(C)C)c2nc1C. The van der Waals surface area contributed by atoms with Crippen molar-refractivity contribution in [2.75, 3.05) is 6.54 Å². The lowest BCUT2D eigenvalue weighted by Gasteiger charge is -2.22. The Balaban J connectivity index is 1.93. The Hall–Kier alpha value is -2.76. The topological polar surface area (TPSA) is 51.0 Å². The molecular weight excluding hydrogens is 331 g/mol. The van der Waals surface area contributed by atoms with Gasteiger partial charge in [-0.2, -0.15) is 5.10 Å². The second-order valence-electron chi connectivity index (χ2n) is 6.67. The Bertz CT molecular complexity index is 948. The summed E-state index contributed by atoms with van der Waals surface area (Å²) in [5.74, 6) is -0.410. The summed E-state index contributed by atoms with van der Waals surface area (Å²) >= 11 is 0. The number of pyridine rings is 1. The van der Waals surface area contributed by atoms with Crippen LogP contribution in [0.3, 0.4) is 0 Å². The Kier molecular flexibility index (Phi) is 5.02. The molecular formula is C20H23FN4O. The lowest BCUT2D eigenvalue weighted by Crippen LogP contribution is -2.31. The van der Waals surface area contributed by atoms with Crippen molar-refractivity contribution in [3.05, 3.63) is 59.2 Å². The van der Waals surface area contributed by atoms with Crippen molar-refractivity contribution in [2.45, 2.75) is 40.3 Å². The third kappa shape index (κ3) is 3.45. The van der Waals surface area contributed by atoms with Gasteiger partial charge in [-0.25, -0.2) is 14.1 Å². The maximum atomic E-state index is 13.4. The van der Waals surface area contributed by atoms with Crippen LogP contribution in [0.15, 0.2) is 36.5 Å². The minimum atomic E-state index is -0.300. The van der Waals surface area contributed by atoms with Crippen molar-refractivity contribution in [1.82, 2.24) is 19.7 Å². The van der Waals surface area contributed by atoms with Gasteiger partial charge in [0.15, 0.2) is 5.65 Å². The number of aryl methyl sites for hydroxylation is 1. The van der Waals surface area contributed by atoms with Gasteiger partial charge in [-0.3, -0.25) is 4.79 Å². The van der Waals surface area contributed by atoms with E-state index in [1.54, 1.807) is 17.2 Å². The zero-order chi connectivity index (χ0) is 18.8. The van der Waals surface area contributed by atoms with Crippen molar-refractivity contribution >= 4 is 16.9 Å². The third-order valence-corrected chi connectivity index (χ3v) is 4.41. The highest BCUT2D eigenvalue weighted by Crippen LogP contribution is 2.21. The number of benzene rings is 1. The summed E-state index contributed by atoms with van der Waals surface area (Å²) in [7, 11) is 0. The highest BCUT2D eigenvalue weighted by Gasteiger charge is 2.20. The number of hydrogen-bond donors (Lipinski definition) is 0. The molecule has 2 aromatic heterocycles. The number of nitrogens with zero attached hydrogens (tertiary/aromatic N) is 4. The second kappa shape index (κ2) is 7.23. The third-order valence-electron chi connectivity index (χ3n) is 4.41. The van der Waals surface area contributed by atoms with E-state index in [1.165, 1.54) is 12.1 Å². The Labute approximate surface area is 152 Å². The van der Waals surface area contributed by atoms with Gasteiger partial charge in [0.05, 0.1) is 17.5 Å². The molecule has 0 bridgehead atoms. The summed E-state index contributed by atoms with van der Waals surface area (Å²) in [4.78, 5) is 19.3. The summed E-state index contributed by atoms with van der Waals surface area (Å²) < 4.78 is 15.3. The zero-order valence-corrected chi connectivity index (χ0v) is 15.5. The van der Waals surface area contributed by atoms with Gasteiger partial charge in [-0.15, -0.1) is 0 Å². The van der Waals surface area contributed by atoms with Gasteiger partial charge in [0.25, 0.3) is 5.91 Å². The highest BCUT2D eigenvalue weighted by atomic mass is 19.1. The molecule has 0 unspecified atom stereocenters. The summed E-state index contributed by atoms with van der Waals surface area (Å²) in [5, 5.41) is 5.21. The number of fused-ring (bicyclic) bond motifs is 1. The largest absolute Gasteiger partial charge is 0.335 e. The average Bonchev–Trinajstić information content (AvgIpc) is 3.01. The first-order valence-corrected chi connectivity index (χ1v) is 8.79. The molecule has 0 saturated heterocycles. The number of carbonyl (C=O) groups is 1. The van der Waals surface area contributed by atoms with E-state index >= 15 is 0 Å². The first kappa shape index (κ1) is 18.0. The number of halogens is 1. The van der Waals surface area contributed by atoms with E-state index in [0.29, 0.717) is 24.3 Å². The van der Waals surface area contributed by atoms with Gasteiger partial charge in [0.2, 0.25) is 0 Å². The average molecular weight is 354 g/mol. The standard InChI is InChI=1S/C20H23FN4O/c1-5-24(12-15-7-6-8-17(21)9-15)20(26)18-10-16-11-22-25(13(2)3)19(16)23-14(18)4/h6-11,13H,5,12H2,1-4H3. The van der Waals surface area contributed by atoms with Gasteiger partial charge in [-0.1, -0.05) is 12.1 Å². The molecule has 0 saturated carbocycles. The minimum absolute atomic E-state index is 0.110. The molecule has 3 rings (SSSR count). The van der Waals surface area contributed by atoms with Crippen LogP contribution in [0, 0.1) is 12.7 Å². The molecule has 0 aliphatic heterocycles. The van der Waals surface area contributed by atoms with E-state index in [1.807, 2.05) is 44.5 Å². The number of rotatable bonds is 5. The molecule has 0 aliphatic rings. The lowest BCUT2D eigenvalue weighted by atomic mass is 10.1. The molecule has 0 radical (unpaired) electrons. The highest BCUT2D eigenvalue weighted by molar-refractivity contribution is 5.98. The summed E-state index contributed by atoms with van der Waals surface area (Å²) in [6.45, 7) is 8.71. The molecule has 6 heteroatoms. The molecule has 3 aromatic rings. The maximum absolute atomic E-state index is 13.4. The first-order valence-electron chi connectivity index (χ1n) is 8.79. The quantitative estimate of drug-likeness (QED) is 0.692. The Morgan fingerprint density at radius 3 is 2.73 bits per heavy atom. The predicted molar refractivity (Wildman–Crippen MR) is 99.5 cm³/mol. The fraction of sp³-hybridized carbons (Fsp3) is 0.350. The molecule has 0 aliphatic carbocycles. The Morgan fingerprint density at radius 1 is 1.31 bits per heavy atom. The zero-order valence-electron chi connectivity index (χ0n) is 15.5. The van der Waals surface area contributed by atoms with Crippen molar-refractivity contribution in [3.63, 3.8) is 0 Å². The van der Waals surface area contributed by atoms with Crippen LogP contribution >= 0.6 is 0 Å².